The molecule has 8 nitrogen and oxygen atoms in total. The SMILES string of the molecule is C[C@@H](NC(=O)[C@@H](CC(C)(C)O)n1c(=O)[nH]c2ccc(F)cc2c1=O)c1ncc(F)cc1F. The molecule has 0 aliphatic heterocycles. The lowest BCUT2D eigenvalue weighted by atomic mass is 9.97. The molecule has 0 spiro atoms. The number of H-pyrrole nitrogens is 1. The van der Waals surface area contributed by atoms with Gasteiger partial charge < -0.3 is 15.4 Å². The number of fused-ring (bicyclic) bond motifs is 1. The van der Waals surface area contributed by atoms with Gasteiger partial charge in [-0.1, -0.05) is 0 Å². The van der Waals surface area contributed by atoms with Gasteiger partial charge >= 0.3 is 5.69 Å². The van der Waals surface area contributed by atoms with E-state index in [1.54, 1.807) is 0 Å². The Bertz CT molecular complexity index is 1300. The molecule has 11 heteroatoms. The molecule has 1 amide bonds. The van der Waals surface area contributed by atoms with Crippen molar-refractivity contribution in [3.8, 4) is 0 Å². The summed E-state index contributed by atoms with van der Waals surface area (Å²) in [6.07, 6.45) is 0.414. The van der Waals surface area contributed by atoms with Gasteiger partial charge in [-0.25, -0.2) is 22.5 Å². The number of halogens is 3. The van der Waals surface area contributed by atoms with Crippen LogP contribution in [0, 0.1) is 17.5 Å². The summed E-state index contributed by atoms with van der Waals surface area (Å²) in [4.78, 5) is 44.7. The lowest BCUT2D eigenvalue weighted by Gasteiger charge is -2.26. The van der Waals surface area contributed by atoms with Crippen molar-refractivity contribution >= 4 is 16.8 Å². The number of benzene rings is 1. The normalized spacial score (nSPS) is 13.7. The highest BCUT2D eigenvalue weighted by Crippen LogP contribution is 2.22. The Hall–Kier alpha value is -3.47. The number of aromatic amines is 1. The number of carbonyl (C=O) groups is 1. The molecule has 0 saturated heterocycles. The number of aromatic nitrogens is 3. The second kappa shape index (κ2) is 8.58. The minimum Gasteiger partial charge on any atom is -0.390 e. The Balaban J connectivity index is 2.06. The third kappa shape index (κ3) is 4.88. The van der Waals surface area contributed by atoms with E-state index in [0.29, 0.717) is 10.6 Å². The number of nitrogens with zero attached hydrogens (tertiary/aromatic N) is 2. The zero-order valence-electron chi connectivity index (χ0n) is 17.4. The summed E-state index contributed by atoms with van der Waals surface area (Å²) in [5.41, 5.74) is -3.56. The molecule has 0 aliphatic rings. The Labute approximate surface area is 179 Å². The van der Waals surface area contributed by atoms with E-state index in [2.05, 4.69) is 15.3 Å². The minimum atomic E-state index is -1.52. The number of rotatable bonds is 6. The predicted octanol–water partition coefficient (Wildman–Crippen LogP) is 2.08. The van der Waals surface area contributed by atoms with E-state index in [4.69, 9.17) is 0 Å². The number of hydrogen-bond acceptors (Lipinski definition) is 5. The number of nitrogens with one attached hydrogen (secondary N) is 2. The number of aliphatic hydroxyl groups is 1. The highest BCUT2D eigenvalue weighted by molar-refractivity contribution is 5.82. The zero-order valence-corrected chi connectivity index (χ0v) is 17.4. The Morgan fingerprint density at radius 2 is 1.91 bits per heavy atom. The van der Waals surface area contributed by atoms with E-state index in [1.165, 1.54) is 26.8 Å². The van der Waals surface area contributed by atoms with Gasteiger partial charge in [0.1, 0.15) is 23.5 Å². The summed E-state index contributed by atoms with van der Waals surface area (Å²) >= 11 is 0. The first-order valence-electron chi connectivity index (χ1n) is 9.65. The van der Waals surface area contributed by atoms with Crippen LogP contribution < -0.4 is 16.6 Å². The van der Waals surface area contributed by atoms with Crippen LogP contribution in [0.25, 0.3) is 10.9 Å². The van der Waals surface area contributed by atoms with Crippen molar-refractivity contribution in [3.05, 3.63) is 74.4 Å². The molecule has 3 rings (SSSR count). The molecular formula is C21H21F3N4O4. The summed E-state index contributed by atoms with van der Waals surface area (Å²) in [6, 6.07) is 1.23. The average molecular weight is 450 g/mol. The van der Waals surface area contributed by atoms with Crippen LogP contribution in [0.1, 0.15) is 45.0 Å². The first kappa shape index (κ1) is 23.2. The van der Waals surface area contributed by atoms with Crippen LogP contribution in [0.5, 0.6) is 0 Å². The van der Waals surface area contributed by atoms with Crippen LogP contribution in [-0.4, -0.2) is 31.1 Å². The Morgan fingerprint density at radius 3 is 2.53 bits per heavy atom. The van der Waals surface area contributed by atoms with E-state index < -0.39 is 52.3 Å². The maximum atomic E-state index is 14.0. The van der Waals surface area contributed by atoms with Crippen LogP contribution in [0.15, 0.2) is 40.1 Å². The summed E-state index contributed by atoms with van der Waals surface area (Å²) in [5.74, 6) is -3.50. The minimum absolute atomic E-state index is 0.0750. The quantitative estimate of drug-likeness (QED) is 0.532. The van der Waals surface area contributed by atoms with Crippen LogP contribution in [-0.2, 0) is 4.79 Å². The van der Waals surface area contributed by atoms with E-state index in [-0.39, 0.29) is 23.0 Å². The first-order valence-corrected chi connectivity index (χ1v) is 9.65. The van der Waals surface area contributed by atoms with Gasteiger partial charge in [-0.2, -0.15) is 0 Å². The molecule has 0 bridgehead atoms. The largest absolute Gasteiger partial charge is 0.390 e. The van der Waals surface area contributed by atoms with Gasteiger partial charge in [0.2, 0.25) is 5.91 Å². The van der Waals surface area contributed by atoms with E-state index >= 15 is 0 Å². The number of hydrogen-bond donors (Lipinski definition) is 3. The van der Waals surface area contributed by atoms with Gasteiger partial charge in [-0.3, -0.25) is 14.6 Å². The van der Waals surface area contributed by atoms with Gasteiger partial charge in [0.25, 0.3) is 5.56 Å². The standard InChI is InChI=1S/C21H21F3N4O4/c1-10(17-14(24)7-12(23)9-25-17)26-18(29)16(8-21(2,3)32)28-19(30)13-6-11(22)4-5-15(13)27-20(28)31/h4-7,9-10,16,32H,8H2,1-3H3,(H,26,29)(H,27,31)/t10-,16-/m1/s1. The predicted molar refractivity (Wildman–Crippen MR) is 109 cm³/mol. The van der Waals surface area contributed by atoms with Crippen molar-refractivity contribution in [1.29, 1.82) is 0 Å². The second-order valence-electron chi connectivity index (χ2n) is 8.08. The fraction of sp³-hybridized carbons (Fsp3) is 0.333. The van der Waals surface area contributed by atoms with E-state index in [0.717, 1.165) is 18.3 Å². The van der Waals surface area contributed by atoms with Crippen molar-refractivity contribution in [2.75, 3.05) is 0 Å². The fourth-order valence-electron chi connectivity index (χ4n) is 3.38. The molecule has 0 unspecified atom stereocenters. The lowest BCUT2D eigenvalue weighted by Crippen LogP contribution is -2.47. The first-order chi connectivity index (χ1) is 14.9. The molecule has 2 atom stereocenters. The maximum absolute atomic E-state index is 14.0. The van der Waals surface area contributed by atoms with Crippen molar-refractivity contribution in [1.82, 2.24) is 19.9 Å². The summed E-state index contributed by atoms with van der Waals surface area (Å²) < 4.78 is 41.4. The lowest BCUT2D eigenvalue weighted by molar-refractivity contribution is -0.127. The fourth-order valence-corrected chi connectivity index (χ4v) is 3.38. The van der Waals surface area contributed by atoms with Crippen LogP contribution in [0.4, 0.5) is 13.2 Å². The van der Waals surface area contributed by atoms with Crippen molar-refractivity contribution < 1.29 is 23.1 Å². The van der Waals surface area contributed by atoms with Crippen LogP contribution in [0.3, 0.4) is 0 Å². The van der Waals surface area contributed by atoms with Gasteiger partial charge in [-0.15, -0.1) is 0 Å². The highest BCUT2D eigenvalue weighted by atomic mass is 19.1. The average Bonchev–Trinajstić information content (AvgIpc) is 2.66. The highest BCUT2D eigenvalue weighted by Gasteiger charge is 2.32. The summed E-state index contributed by atoms with van der Waals surface area (Å²) in [5, 5.41) is 12.5. The van der Waals surface area contributed by atoms with Gasteiger partial charge in [0.05, 0.1) is 34.4 Å². The third-order valence-electron chi connectivity index (χ3n) is 4.80. The molecule has 0 fully saturated rings. The molecule has 0 saturated carbocycles. The zero-order chi connectivity index (χ0) is 23.8. The molecule has 3 N–H and O–H groups in total. The molecule has 170 valence electrons. The molecule has 0 radical (unpaired) electrons. The Morgan fingerprint density at radius 1 is 1.22 bits per heavy atom. The number of pyridine rings is 1. The molecule has 2 heterocycles. The van der Waals surface area contributed by atoms with E-state index in [1.807, 2.05) is 0 Å². The summed E-state index contributed by atoms with van der Waals surface area (Å²) in [7, 11) is 0. The van der Waals surface area contributed by atoms with E-state index in [9.17, 15) is 32.7 Å². The molecule has 1 aromatic carbocycles. The second-order valence-corrected chi connectivity index (χ2v) is 8.08. The molecule has 2 aromatic heterocycles. The van der Waals surface area contributed by atoms with Crippen LogP contribution in [0.2, 0.25) is 0 Å². The Kier molecular flexibility index (Phi) is 6.22. The number of carbonyl (C=O) groups excluding carboxylic acids is 1. The van der Waals surface area contributed by atoms with Crippen LogP contribution >= 0.6 is 0 Å². The number of amides is 1. The van der Waals surface area contributed by atoms with Crippen molar-refractivity contribution in [2.45, 2.75) is 44.9 Å². The summed E-state index contributed by atoms with van der Waals surface area (Å²) in [6.45, 7) is 4.13. The van der Waals surface area contributed by atoms with Gasteiger partial charge in [0.15, 0.2) is 0 Å². The molecular weight excluding hydrogens is 429 g/mol. The molecule has 0 aliphatic carbocycles. The monoisotopic (exact) mass is 450 g/mol. The molecule has 3 aromatic rings. The van der Waals surface area contributed by atoms with Crippen molar-refractivity contribution in [2.24, 2.45) is 0 Å². The molecule has 32 heavy (non-hydrogen) atoms. The smallest absolute Gasteiger partial charge is 0.329 e. The van der Waals surface area contributed by atoms with Gasteiger partial charge in [0, 0.05) is 12.5 Å². The van der Waals surface area contributed by atoms with Gasteiger partial charge in [-0.05, 0) is 39.0 Å². The maximum Gasteiger partial charge on any atom is 0.329 e. The van der Waals surface area contributed by atoms with Crippen molar-refractivity contribution in [3.63, 3.8) is 0 Å². The third-order valence-corrected chi connectivity index (χ3v) is 4.80. The topological polar surface area (TPSA) is 117 Å².